The standard InChI is InChI=1S/C20H15FN2O5/c1-10-8-14(10)17(24)22-16-7-6-11(21)9-15(16)20(27)28-23-18(25)12-4-2-3-5-13(12)19(23)26/h2-7,9-10,14H,8H2,1H3,(H,22,24)/t10-,14-/m1/s1. The molecule has 3 amide bonds. The molecule has 8 heteroatoms. The number of hydroxylamine groups is 2. The first-order chi connectivity index (χ1) is 13.4. The molecule has 0 aromatic heterocycles. The number of carbonyl (C=O) groups is 4. The highest BCUT2D eigenvalue weighted by Crippen LogP contribution is 2.38. The fourth-order valence-corrected chi connectivity index (χ4v) is 3.09. The van der Waals surface area contributed by atoms with Crippen LogP contribution in [0.5, 0.6) is 0 Å². The minimum Gasteiger partial charge on any atom is -0.325 e. The quantitative estimate of drug-likeness (QED) is 0.821. The molecule has 2 aromatic rings. The highest BCUT2D eigenvalue weighted by Gasteiger charge is 2.41. The summed E-state index contributed by atoms with van der Waals surface area (Å²) in [5.74, 6) is -3.64. The molecule has 1 saturated carbocycles. The second kappa shape index (κ2) is 6.56. The van der Waals surface area contributed by atoms with Crippen LogP contribution in [0.25, 0.3) is 0 Å². The average Bonchev–Trinajstić information content (AvgIpc) is 3.37. The number of imide groups is 1. The molecule has 0 unspecified atom stereocenters. The number of amides is 3. The van der Waals surface area contributed by atoms with Gasteiger partial charge in [0.05, 0.1) is 22.4 Å². The zero-order valence-corrected chi connectivity index (χ0v) is 14.8. The fourth-order valence-electron chi connectivity index (χ4n) is 3.09. The SMILES string of the molecule is C[C@@H]1C[C@H]1C(=O)Nc1ccc(F)cc1C(=O)ON1C(=O)c2ccccc2C1=O. The summed E-state index contributed by atoms with van der Waals surface area (Å²) in [6.07, 6.45) is 0.738. The molecule has 1 heterocycles. The van der Waals surface area contributed by atoms with Gasteiger partial charge in [0.1, 0.15) is 5.82 Å². The number of benzene rings is 2. The molecule has 28 heavy (non-hydrogen) atoms. The number of hydrogen-bond acceptors (Lipinski definition) is 5. The Kier molecular flexibility index (Phi) is 4.18. The van der Waals surface area contributed by atoms with Gasteiger partial charge in [0.15, 0.2) is 0 Å². The monoisotopic (exact) mass is 382 g/mol. The molecule has 2 atom stereocenters. The third kappa shape index (κ3) is 3.02. The number of nitrogens with one attached hydrogen (secondary N) is 1. The molecule has 7 nitrogen and oxygen atoms in total. The second-order valence-corrected chi connectivity index (χ2v) is 6.83. The van der Waals surface area contributed by atoms with Crippen molar-refractivity contribution >= 4 is 29.4 Å². The normalized spacial score (nSPS) is 20.0. The van der Waals surface area contributed by atoms with E-state index in [-0.39, 0.29) is 40.1 Å². The van der Waals surface area contributed by atoms with Crippen LogP contribution in [0.15, 0.2) is 42.5 Å². The van der Waals surface area contributed by atoms with E-state index >= 15 is 0 Å². The molecule has 142 valence electrons. The van der Waals surface area contributed by atoms with E-state index in [2.05, 4.69) is 5.32 Å². The largest absolute Gasteiger partial charge is 0.366 e. The molecule has 1 N–H and O–H groups in total. The van der Waals surface area contributed by atoms with Crippen LogP contribution in [0.2, 0.25) is 0 Å². The van der Waals surface area contributed by atoms with Crippen LogP contribution in [0.4, 0.5) is 10.1 Å². The van der Waals surface area contributed by atoms with Gasteiger partial charge in [0.2, 0.25) is 5.91 Å². The average molecular weight is 382 g/mol. The van der Waals surface area contributed by atoms with Gasteiger partial charge in [-0.3, -0.25) is 14.4 Å². The second-order valence-electron chi connectivity index (χ2n) is 6.83. The number of anilines is 1. The van der Waals surface area contributed by atoms with Crippen molar-refractivity contribution in [3.63, 3.8) is 0 Å². The summed E-state index contributed by atoms with van der Waals surface area (Å²) in [6.45, 7) is 1.92. The molecule has 0 radical (unpaired) electrons. The van der Waals surface area contributed by atoms with Crippen molar-refractivity contribution < 1.29 is 28.4 Å². The summed E-state index contributed by atoms with van der Waals surface area (Å²) in [5.41, 5.74) is -0.0307. The molecule has 2 aromatic carbocycles. The third-order valence-corrected chi connectivity index (χ3v) is 4.84. The predicted molar refractivity (Wildman–Crippen MR) is 94.7 cm³/mol. The Hall–Kier alpha value is -3.55. The van der Waals surface area contributed by atoms with Gasteiger partial charge in [-0.25, -0.2) is 9.18 Å². The Morgan fingerprint density at radius 1 is 1.11 bits per heavy atom. The van der Waals surface area contributed by atoms with Gasteiger partial charge < -0.3 is 10.2 Å². The lowest BCUT2D eigenvalue weighted by Gasteiger charge is -2.15. The number of hydrogen-bond donors (Lipinski definition) is 1. The Bertz CT molecular complexity index is 1000. The van der Waals surface area contributed by atoms with Gasteiger partial charge in [0.25, 0.3) is 11.8 Å². The van der Waals surface area contributed by atoms with E-state index in [1.54, 1.807) is 12.1 Å². The zero-order chi connectivity index (χ0) is 20.0. The van der Waals surface area contributed by atoms with Crippen LogP contribution in [-0.2, 0) is 9.63 Å². The van der Waals surface area contributed by atoms with Gasteiger partial charge in [-0.2, -0.15) is 0 Å². The topological polar surface area (TPSA) is 92.8 Å². The Morgan fingerprint density at radius 2 is 1.71 bits per heavy atom. The van der Waals surface area contributed by atoms with Crippen LogP contribution in [0.1, 0.15) is 44.4 Å². The van der Waals surface area contributed by atoms with Crippen molar-refractivity contribution in [2.45, 2.75) is 13.3 Å². The summed E-state index contributed by atoms with van der Waals surface area (Å²) in [5, 5.41) is 2.92. The van der Waals surface area contributed by atoms with Crippen LogP contribution < -0.4 is 5.32 Å². The fraction of sp³-hybridized carbons (Fsp3) is 0.200. The predicted octanol–water partition coefficient (Wildman–Crippen LogP) is 2.79. The lowest BCUT2D eigenvalue weighted by atomic mass is 10.1. The first-order valence-electron chi connectivity index (χ1n) is 8.67. The van der Waals surface area contributed by atoms with Gasteiger partial charge in [0, 0.05) is 5.92 Å². The summed E-state index contributed by atoms with van der Waals surface area (Å²) < 4.78 is 13.7. The first-order valence-corrected chi connectivity index (χ1v) is 8.67. The summed E-state index contributed by atoms with van der Waals surface area (Å²) in [7, 11) is 0. The van der Waals surface area contributed by atoms with Crippen LogP contribution in [0, 0.1) is 17.7 Å². The number of rotatable bonds is 4. The van der Waals surface area contributed by atoms with Crippen molar-refractivity contribution in [1.82, 2.24) is 5.06 Å². The summed E-state index contributed by atoms with van der Waals surface area (Å²) >= 11 is 0. The van der Waals surface area contributed by atoms with E-state index in [1.807, 2.05) is 6.92 Å². The lowest BCUT2D eigenvalue weighted by Crippen LogP contribution is -2.33. The van der Waals surface area contributed by atoms with Crippen molar-refractivity contribution in [1.29, 1.82) is 0 Å². The van der Waals surface area contributed by atoms with E-state index in [1.165, 1.54) is 18.2 Å². The van der Waals surface area contributed by atoms with Gasteiger partial charge in [-0.1, -0.05) is 24.1 Å². The molecule has 2 aliphatic rings. The summed E-state index contributed by atoms with van der Waals surface area (Å²) in [4.78, 5) is 54.3. The molecule has 4 rings (SSSR count). The Labute approximate surface area is 159 Å². The van der Waals surface area contributed by atoms with Gasteiger partial charge in [-0.05, 0) is 42.7 Å². The smallest absolute Gasteiger partial charge is 0.325 e. The van der Waals surface area contributed by atoms with E-state index in [4.69, 9.17) is 4.84 Å². The van der Waals surface area contributed by atoms with Gasteiger partial charge >= 0.3 is 5.97 Å². The van der Waals surface area contributed by atoms with E-state index in [9.17, 15) is 23.6 Å². The zero-order valence-electron chi connectivity index (χ0n) is 14.8. The highest BCUT2D eigenvalue weighted by atomic mass is 19.1. The molecule has 1 aliphatic carbocycles. The molecule has 0 bridgehead atoms. The minimum atomic E-state index is -1.13. The molecule has 0 saturated heterocycles. The molecule has 1 aliphatic heterocycles. The molecule has 0 spiro atoms. The van der Waals surface area contributed by atoms with Crippen LogP contribution >= 0.6 is 0 Å². The minimum absolute atomic E-state index is 0.0482. The third-order valence-electron chi connectivity index (χ3n) is 4.84. The number of nitrogens with zero attached hydrogens (tertiary/aromatic N) is 1. The van der Waals surface area contributed by atoms with Crippen molar-refractivity contribution in [3.8, 4) is 0 Å². The van der Waals surface area contributed by atoms with E-state index < -0.39 is 23.6 Å². The van der Waals surface area contributed by atoms with E-state index in [0.29, 0.717) is 5.06 Å². The Morgan fingerprint density at radius 3 is 2.29 bits per heavy atom. The number of fused-ring (bicyclic) bond motifs is 1. The Balaban J connectivity index is 1.57. The lowest BCUT2D eigenvalue weighted by molar-refractivity contribution is -0.117. The van der Waals surface area contributed by atoms with Crippen molar-refractivity contribution in [2.24, 2.45) is 11.8 Å². The van der Waals surface area contributed by atoms with Crippen LogP contribution in [-0.4, -0.2) is 28.8 Å². The highest BCUT2D eigenvalue weighted by molar-refractivity contribution is 6.21. The maximum absolute atomic E-state index is 13.7. The molecule has 1 fully saturated rings. The maximum Gasteiger partial charge on any atom is 0.366 e. The first kappa shape index (κ1) is 17.8. The van der Waals surface area contributed by atoms with Crippen molar-refractivity contribution in [3.05, 3.63) is 65.0 Å². The number of halogens is 1. The van der Waals surface area contributed by atoms with E-state index in [0.717, 1.165) is 18.6 Å². The maximum atomic E-state index is 13.7. The number of carbonyl (C=O) groups excluding carboxylic acids is 4. The summed E-state index contributed by atoms with van der Waals surface area (Å²) in [6, 6.07) is 9.24. The molecular formula is C20H15FN2O5. The van der Waals surface area contributed by atoms with Gasteiger partial charge in [-0.15, -0.1) is 0 Å². The molecular weight excluding hydrogens is 367 g/mol. The van der Waals surface area contributed by atoms with Crippen molar-refractivity contribution in [2.75, 3.05) is 5.32 Å². The van der Waals surface area contributed by atoms with Crippen LogP contribution in [0.3, 0.4) is 0 Å².